The average Bonchev–Trinajstić information content (AvgIpc) is 3.39. The zero-order valence-corrected chi connectivity index (χ0v) is 16.7. The van der Waals surface area contributed by atoms with E-state index in [9.17, 15) is 0 Å². The monoisotopic (exact) mass is 389 g/mol. The third kappa shape index (κ3) is 3.35. The second kappa shape index (κ2) is 7.47. The lowest BCUT2D eigenvalue weighted by molar-refractivity contribution is 0.0893. The molecule has 0 N–H and O–H groups in total. The summed E-state index contributed by atoms with van der Waals surface area (Å²) in [6.45, 7) is 4.18. The highest BCUT2D eigenvalue weighted by Gasteiger charge is 2.28. The molecule has 5 nitrogen and oxygen atoms in total. The molecule has 0 radical (unpaired) electrons. The second-order valence-electron chi connectivity index (χ2n) is 7.44. The molecule has 5 heterocycles. The van der Waals surface area contributed by atoms with Crippen LogP contribution in [0.4, 0.5) is 0 Å². The van der Waals surface area contributed by atoms with Gasteiger partial charge in [0.25, 0.3) is 0 Å². The molecule has 4 aromatic heterocycles. The first-order valence-corrected chi connectivity index (χ1v) is 10.5. The van der Waals surface area contributed by atoms with Crippen molar-refractivity contribution in [2.45, 2.75) is 12.6 Å². The van der Waals surface area contributed by atoms with Crippen LogP contribution < -0.4 is 0 Å². The molecule has 1 saturated heterocycles. The summed E-state index contributed by atoms with van der Waals surface area (Å²) in [6, 6.07) is 11.0. The molecule has 1 aliphatic heterocycles. The fourth-order valence-electron chi connectivity index (χ4n) is 3.99. The summed E-state index contributed by atoms with van der Waals surface area (Å²) >= 11 is 1.77. The fraction of sp³-hybridized carbons (Fsp3) is 0.273. The van der Waals surface area contributed by atoms with Crippen molar-refractivity contribution >= 4 is 16.9 Å². The molecule has 5 rings (SSSR count). The van der Waals surface area contributed by atoms with Gasteiger partial charge >= 0.3 is 0 Å². The zero-order valence-electron chi connectivity index (χ0n) is 15.9. The summed E-state index contributed by atoms with van der Waals surface area (Å²) in [5.74, 6) is 0. The van der Waals surface area contributed by atoms with E-state index >= 15 is 0 Å². The van der Waals surface area contributed by atoms with Crippen LogP contribution in [-0.2, 0) is 6.54 Å². The van der Waals surface area contributed by atoms with E-state index < -0.39 is 0 Å². The van der Waals surface area contributed by atoms with Gasteiger partial charge in [-0.3, -0.25) is 14.8 Å². The van der Waals surface area contributed by atoms with Crippen molar-refractivity contribution in [1.29, 1.82) is 0 Å². The van der Waals surface area contributed by atoms with Crippen LogP contribution >= 0.6 is 11.3 Å². The van der Waals surface area contributed by atoms with Gasteiger partial charge in [-0.25, -0.2) is 4.98 Å². The van der Waals surface area contributed by atoms with E-state index in [0.717, 1.165) is 43.0 Å². The zero-order chi connectivity index (χ0) is 18.9. The Morgan fingerprint density at radius 3 is 2.93 bits per heavy atom. The van der Waals surface area contributed by atoms with Crippen LogP contribution in [0.1, 0.15) is 17.3 Å². The number of hydrogen-bond donors (Lipinski definition) is 0. The van der Waals surface area contributed by atoms with E-state index in [0.29, 0.717) is 6.04 Å². The van der Waals surface area contributed by atoms with E-state index in [1.54, 1.807) is 17.5 Å². The minimum absolute atomic E-state index is 0.307. The molecular formula is C22H23N5S. The fourth-order valence-corrected chi connectivity index (χ4v) is 4.65. The van der Waals surface area contributed by atoms with E-state index in [-0.39, 0.29) is 0 Å². The number of piperazine rings is 1. The average molecular weight is 390 g/mol. The quantitative estimate of drug-likeness (QED) is 0.530. The Hall–Kier alpha value is -2.54. The van der Waals surface area contributed by atoms with Gasteiger partial charge in [-0.2, -0.15) is 11.3 Å². The number of fused-ring (bicyclic) bond motifs is 1. The number of thiophene rings is 1. The summed E-state index contributed by atoms with van der Waals surface area (Å²) in [5.41, 5.74) is 6.03. The van der Waals surface area contributed by atoms with Gasteiger partial charge in [0, 0.05) is 50.3 Å². The highest BCUT2D eigenvalue weighted by atomic mass is 32.1. The second-order valence-corrected chi connectivity index (χ2v) is 8.22. The molecule has 0 spiro atoms. The van der Waals surface area contributed by atoms with Gasteiger partial charge in [0.15, 0.2) is 0 Å². The number of rotatable bonds is 4. The van der Waals surface area contributed by atoms with Crippen molar-refractivity contribution in [3.63, 3.8) is 0 Å². The Kier molecular flexibility index (Phi) is 4.68. The first-order chi connectivity index (χ1) is 13.8. The Labute approximate surface area is 168 Å². The Morgan fingerprint density at radius 2 is 2.11 bits per heavy atom. The van der Waals surface area contributed by atoms with Crippen molar-refractivity contribution in [3.05, 3.63) is 77.3 Å². The van der Waals surface area contributed by atoms with Crippen molar-refractivity contribution < 1.29 is 0 Å². The third-order valence-electron chi connectivity index (χ3n) is 5.59. The molecule has 1 fully saturated rings. The predicted octanol–water partition coefficient (Wildman–Crippen LogP) is 3.95. The molecule has 1 aliphatic rings. The molecule has 0 bridgehead atoms. The van der Waals surface area contributed by atoms with E-state index in [2.05, 4.69) is 67.5 Å². The van der Waals surface area contributed by atoms with Gasteiger partial charge in [-0.05, 0) is 47.1 Å². The van der Waals surface area contributed by atoms with E-state index in [1.165, 1.54) is 11.1 Å². The van der Waals surface area contributed by atoms with Gasteiger partial charge < -0.3 is 4.40 Å². The van der Waals surface area contributed by atoms with Crippen LogP contribution in [0.25, 0.3) is 16.6 Å². The molecule has 0 aliphatic carbocycles. The Morgan fingerprint density at radius 1 is 1.14 bits per heavy atom. The lowest BCUT2D eigenvalue weighted by Gasteiger charge is -2.38. The van der Waals surface area contributed by atoms with Crippen LogP contribution in [0.2, 0.25) is 0 Å². The number of hydrogen-bond acceptors (Lipinski definition) is 5. The Balaban J connectivity index is 1.43. The van der Waals surface area contributed by atoms with Gasteiger partial charge in [0.05, 0.1) is 23.6 Å². The van der Waals surface area contributed by atoms with Crippen LogP contribution in [0.5, 0.6) is 0 Å². The summed E-state index contributed by atoms with van der Waals surface area (Å²) in [5, 5.41) is 4.41. The first kappa shape index (κ1) is 17.6. The smallest absolute Gasteiger partial charge is 0.0996 e. The molecule has 0 amide bonds. The van der Waals surface area contributed by atoms with Gasteiger partial charge in [0.2, 0.25) is 0 Å². The SMILES string of the molecule is CN1CCN(Cc2ccsc2)C[C@H]1c1ncn2cc(-c3cccnc3)ccc12. The third-order valence-corrected chi connectivity index (χ3v) is 6.32. The lowest BCUT2D eigenvalue weighted by Crippen LogP contribution is -2.46. The summed E-state index contributed by atoms with van der Waals surface area (Å²) in [6.07, 6.45) is 7.79. The summed E-state index contributed by atoms with van der Waals surface area (Å²) in [7, 11) is 2.21. The maximum absolute atomic E-state index is 4.82. The maximum atomic E-state index is 4.82. The maximum Gasteiger partial charge on any atom is 0.0996 e. The van der Waals surface area contributed by atoms with Crippen LogP contribution in [0, 0.1) is 0 Å². The molecule has 28 heavy (non-hydrogen) atoms. The molecular weight excluding hydrogens is 366 g/mol. The van der Waals surface area contributed by atoms with Crippen LogP contribution in [0.15, 0.2) is 66.0 Å². The van der Waals surface area contributed by atoms with E-state index in [1.807, 2.05) is 18.6 Å². The van der Waals surface area contributed by atoms with Crippen molar-refractivity contribution in [1.82, 2.24) is 24.2 Å². The van der Waals surface area contributed by atoms with Crippen molar-refractivity contribution in [3.8, 4) is 11.1 Å². The van der Waals surface area contributed by atoms with E-state index in [4.69, 9.17) is 4.98 Å². The van der Waals surface area contributed by atoms with Gasteiger partial charge in [0.1, 0.15) is 0 Å². The van der Waals surface area contributed by atoms with Gasteiger partial charge in [-0.15, -0.1) is 0 Å². The molecule has 142 valence electrons. The predicted molar refractivity (Wildman–Crippen MR) is 113 cm³/mol. The van der Waals surface area contributed by atoms with Gasteiger partial charge in [-0.1, -0.05) is 12.1 Å². The largest absolute Gasteiger partial charge is 0.305 e. The molecule has 0 aromatic carbocycles. The first-order valence-electron chi connectivity index (χ1n) is 9.58. The summed E-state index contributed by atoms with van der Waals surface area (Å²) in [4.78, 5) is 14.0. The lowest BCUT2D eigenvalue weighted by atomic mass is 10.1. The Bertz CT molecular complexity index is 1060. The van der Waals surface area contributed by atoms with Crippen molar-refractivity contribution in [2.75, 3.05) is 26.7 Å². The highest BCUT2D eigenvalue weighted by Crippen LogP contribution is 2.29. The minimum atomic E-state index is 0.307. The standard InChI is InChI=1S/C22H23N5S/c1-25-8-9-26(12-17-6-10-28-15-17)14-21(25)22-20-5-4-19(13-27(20)16-24-22)18-3-2-7-23-11-18/h2-7,10-11,13,15-16,21H,8-9,12,14H2,1H3/t21-/m0/s1. The highest BCUT2D eigenvalue weighted by molar-refractivity contribution is 7.07. The molecule has 0 unspecified atom stereocenters. The van der Waals surface area contributed by atoms with Crippen molar-refractivity contribution in [2.24, 2.45) is 0 Å². The number of likely N-dealkylation sites (N-methyl/N-ethyl adjacent to an activating group) is 1. The number of aromatic nitrogens is 3. The molecule has 1 atom stereocenters. The van der Waals surface area contributed by atoms with Crippen LogP contribution in [-0.4, -0.2) is 50.9 Å². The number of nitrogens with zero attached hydrogens (tertiary/aromatic N) is 5. The normalized spacial score (nSPS) is 18.7. The molecule has 4 aromatic rings. The minimum Gasteiger partial charge on any atom is -0.305 e. The van der Waals surface area contributed by atoms with Crippen LogP contribution in [0.3, 0.4) is 0 Å². The summed E-state index contributed by atoms with van der Waals surface area (Å²) < 4.78 is 2.14. The topological polar surface area (TPSA) is 36.7 Å². The number of imidazole rings is 1. The number of pyridine rings is 2. The molecule has 6 heteroatoms. The molecule has 0 saturated carbocycles.